The number of hydrogen-bond acceptors (Lipinski definition) is 4. The first kappa shape index (κ1) is 16.3. The van der Waals surface area contributed by atoms with E-state index in [4.69, 9.17) is 4.74 Å². The molecule has 3 atom stereocenters. The highest BCUT2D eigenvalue weighted by molar-refractivity contribution is 7.89. The Morgan fingerprint density at radius 3 is 2.65 bits per heavy atom. The van der Waals surface area contributed by atoms with Gasteiger partial charge in [-0.1, -0.05) is 13.0 Å². The number of methoxy groups -OCH3 is 1. The SMILES string of the molecule is COc1ccc(C)cc1S(=O)(=O)N[C@@H]1CC(=O)N([C@@H]2C[C@@H]2C)C1. The number of benzene rings is 1. The van der Waals surface area contributed by atoms with E-state index >= 15 is 0 Å². The standard InChI is InChI=1S/C16H22N2O4S/c1-10-4-5-14(22-3)15(6-10)23(20,21)17-12-8-16(19)18(9-12)13-7-11(13)2/h4-6,11-13,17H,7-9H2,1-3H3/t11-,12+,13+/m0/s1. The lowest BCUT2D eigenvalue weighted by atomic mass is 10.2. The van der Waals surface area contributed by atoms with Crippen molar-refractivity contribution < 1.29 is 17.9 Å². The first-order valence-corrected chi connectivity index (χ1v) is 9.26. The van der Waals surface area contributed by atoms with Crippen molar-refractivity contribution in [2.75, 3.05) is 13.7 Å². The van der Waals surface area contributed by atoms with Crippen molar-refractivity contribution in [2.45, 2.75) is 43.7 Å². The second-order valence-corrected chi connectivity index (χ2v) is 8.19. The van der Waals surface area contributed by atoms with Crippen molar-refractivity contribution in [3.8, 4) is 5.75 Å². The van der Waals surface area contributed by atoms with Crippen molar-refractivity contribution in [1.82, 2.24) is 9.62 Å². The molecule has 7 heteroatoms. The quantitative estimate of drug-likeness (QED) is 0.878. The lowest BCUT2D eigenvalue weighted by molar-refractivity contribution is -0.128. The topological polar surface area (TPSA) is 75.7 Å². The van der Waals surface area contributed by atoms with Gasteiger partial charge < -0.3 is 9.64 Å². The van der Waals surface area contributed by atoms with E-state index < -0.39 is 10.0 Å². The minimum absolute atomic E-state index is 0.0308. The fraction of sp³-hybridized carbons (Fsp3) is 0.562. The summed E-state index contributed by atoms with van der Waals surface area (Å²) in [6, 6.07) is 4.92. The second kappa shape index (κ2) is 5.79. The molecular formula is C16H22N2O4S. The van der Waals surface area contributed by atoms with Crippen LogP contribution in [0.2, 0.25) is 0 Å². The normalized spacial score (nSPS) is 27.3. The van der Waals surface area contributed by atoms with E-state index in [9.17, 15) is 13.2 Å². The van der Waals surface area contributed by atoms with Crippen molar-refractivity contribution in [3.63, 3.8) is 0 Å². The fourth-order valence-corrected chi connectivity index (χ4v) is 4.63. The van der Waals surface area contributed by atoms with Gasteiger partial charge in [0.2, 0.25) is 15.9 Å². The molecule has 0 radical (unpaired) electrons. The van der Waals surface area contributed by atoms with Gasteiger partial charge >= 0.3 is 0 Å². The van der Waals surface area contributed by atoms with Crippen LogP contribution in [0.15, 0.2) is 23.1 Å². The number of aryl methyl sites for hydroxylation is 1. The first-order valence-electron chi connectivity index (χ1n) is 7.78. The summed E-state index contributed by atoms with van der Waals surface area (Å²) in [6.07, 6.45) is 1.23. The third-order valence-corrected chi connectivity index (χ3v) is 6.10. The number of likely N-dealkylation sites (tertiary alicyclic amines) is 1. The number of rotatable bonds is 5. The zero-order valence-electron chi connectivity index (χ0n) is 13.6. The van der Waals surface area contributed by atoms with Gasteiger partial charge in [0.15, 0.2) is 0 Å². The number of nitrogens with one attached hydrogen (secondary N) is 1. The molecule has 0 spiro atoms. The van der Waals surface area contributed by atoms with E-state index in [0.29, 0.717) is 18.2 Å². The third-order valence-electron chi connectivity index (χ3n) is 4.56. The number of amides is 1. The van der Waals surface area contributed by atoms with Gasteiger partial charge in [0.25, 0.3) is 0 Å². The maximum absolute atomic E-state index is 12.7. The van der Waals surface area contributed by atoms with Crippen LogP contribution in [0.4, 0.5) is 0 Å². The van der Waals surface area contributed by atoms with Gasteiger partial charge in [-0.25, -0.2) is 13.1 Å². The molecule has 1 aromatic carbocycles. The number of ether oxygens (including phenoxy) is 1. The monoisotopic (exact) mass is 338 g/mol. The Morgan fingerprint density at radius 1 is 1.35 bits per heavy atom. The van der Waals surface area contributed by atoms with Gasteiger partial charge in [-0.2, -0.15) is 0 Å². The molecule has 3 rings (SSSR count). The van der Waals surface area contributed by atoms with E-state index in [0.717, 1.165) is 12.0 Å². The average molecular weight is 338 g/mol. The molecule has 1 aromatic rings. The van der Waals surface area contributed by atoms with Gasteiger partial charge in [0.05, 0.1) is 7.11 Å². The summed E-state index contributed by atoms with van der Waals surface area (Å²) in [5.41, 5.74) is 0.835. The van der Waals surface area contributed by atoms with E-state index in [2.05, 4.69) is 11.6 Å². The Morgan fingerprint density at radius 2 is 2.04 bits per heavy atom. The summed E-state index contributed by atoms with van der Waals surface area (Å²) in [7, 11) is -2.29. The minimum atomic E-state index is -3.73. The molecule has 1 heterocycles. The highest BCUT2D eigenvalue weighted by Gasteiger charge is 2.45. The molecule has 1 amide bonds. The van der Waals surface area contributed by atoms with Crippen molar-refractivity contribution >= 4 is 15.9 Å². The summed E-state index contributed by atoms with van der Waals surface area (Å²) in [5.74, 6) is 0.856. The molecule has 0 aromatic heterocycles. The Hall–Kier alpha value is -1.60. The average Bonchev–Trinajstić information content (AvgIpc) is 3.09. The molecule has 1 N–H and O–H groups in total. The van der Waals surface area contributed by atoms with Crippen LogP contribution < -0.4 is 9.46 Å². The number of nitrogens with zero attached hydrogens (tertiary/aromatic N) is 1. The lowest BCUT2D eigenvalue weighted by Gasteiger charge is -2.17. The van der Waals surface area contributed by atoms with Crippen LogP contribution in [0.3, 0.4) is 0 Å². The Bertz CT molecular complexity index is 732. The van der Waals surface area contributed by atoms with Crippen LogP contribution in [-0.4, -0.2) is 45.0 Å². The summed E-state index contributed by atoms with van der Waals surface area (Å²) in [4.78, 5) is 14.0. The molecule has 23 heavy (non-hydrogen) atoms. The summed E-state index contributed by atoms with van der Waals surface area (Å²) in [6.45, 7) is 4.38. The van der Waals surface area contributed by atoms with E-state index in [1.165, 1.54) is 7.11 Å². The highest BCUT2D eigenvalue weighted by atomic mass is 32.2. The molecule has 1 saturated heterocycles. The minimum Gasteiger partial charge on any atom is -0.495 e. The van der Waals surface area contributed by atoms with E-state index in [1.807, 2.05) is 11.8 Å². The number of carbonyl (C=O) groups excluding carboxylic acids is 1. The van der Waals surface area contributed by atoms with Gasteiger partial charge in [-0.15, -0.1) is 0 Å². The largest absolute Gasteiger partial charge is 0.495 e. The van der Waals surface area contributed by atoms with Gasteiger partial charge in [-0.3, -0.25) is 4.79 Å². The van der Waals surface area contributed by atoms with Crippen LogP contribution in [0.5, 0.6) is 5.75 Å². The van der Waals surface area contributed by atoms with Gasteiger partial charge in [0, 0.05) is 25.0 Å². The molecular weight excluding hydrogens is 316 g/mol. The van der Waals surface area contributed by atoms with Gasteiger partial charge in [-0.05, 0) is 37.0 Å². The molecule has 0 unspecified atom stereocenters. The van der Waals surface area contributed by atoms with E-state index in [-0.39, 0.29) is 29.3 Å². The molecule has 126 valence electrons. The Balaban J connectivity index is 1.77. The van der Waals surface area contributed by atoms with Crippen LogP contribution >= 0.6 is 0 Å². The molecule has 2 fully saturated rings. The lowest BCUT2D eigenvalue weighted by Crippen LogP contribution is -2.38. The van der Waals surface area contributed by atoms with Crippen LogP contribution in [0.1, 0.15) is 25.3 Å². The van der Waals surface area contributed by atoms with Crippen LogP contribution in [0.25, 0.3) is 0 Å². The van der Waals surface area contributed by atoms with E-state index in [1.54, 1.807) is 18.2 Å². The summed E-state index contributed by atoms with van der Waals surface area (Å²) < 4.78 is 33.1. The molecule has 6 nitrogen and oxygen atoms in total. The smallest absolute Gasteiger partial charge is 0.244 e. The third kappa shape index (κ3) is 3.21. The first-order chi connectivity index (χ1) is 10.8. The maximum Gasteiger partial charge on any atom is 0.244 e. The molecule has 1 aliphatic carbocycles. The predicted octanol–water partition coefficient (Wildman–Crippen LogP) is 1.29. The zero-order valence-corrected chi connectivity index (χ0v) is 14.4. The molecule has 0 bridgehead atoms. The fourth-order valence-electron chi connectivity index (χ4n) is 3.14. The van der Waals surface area contributed by atoms with Crippen LogP contribution in [0, 0.1) is 12.8 Å². The maximum atomic E-state index is 12.7. The number of carbonyl (C=O) groups is 1. The van der Waals surface area contributed by atoms with Crippen LogP contribution in [-0.2, 0) is 14.8 Å². The van der Waals surface area contributed by atoms with Crippen molar-refractivity contribution in [1.29, 1.82) is 0 Å². The second-order valence-electron chi connectivity index (χ2n) is 6.50. The molecule has 1 saturated carbocycles. The van der Waals surface area contributed by atoms with Gasteiger partial charge in [0.1, 0.15) is 10.6 Å². The van der Waals surface area contributed by atoms with Crippen molar-refractivity contribution in [2.24, 2.45) is 5.92 Å². The Kier molecular flexibility index (Phi) is 4.10. The number of sulfonamides is 1. The number of hydrogen-bond donors (Lipinski definition) is 1. The van der Waals surface area contributed by atoms with Crippen molar-refractivity contribution in [3.05, 3.63) is 23.8 Å². The zero-order chi connectivity index (χ0) is 16.8. The Labute approximate surface area is 136 Å². The predicted molar refractivity (Wildman–Crippen MR) is 85.7 cm³/mol. The molecule has 1 aliphatic heterocycles. The highest BCUT2D eigenvalue weighted by Crippen LogP contribution is 2.37. The molecule has 2 aliphatic rings. The summed E-state index contributed by atoms with van der Waals surface area (Å²) in [5, 5.41) is 0. The summed E-state index contributed by atoms with van der Waals surface area (Å²) >= 11 is 0.